The van der Waals surface area contributed by atoms with E-state index in [1.165, 1.54) is 6.08 Å². The molecule has 0 spiro atoms. The highest BCUT2D eigenvalue weighted by Gasteiger charge is 1.92. The summed E-state index contributed by atoms with van der Waals surface area (Å²) in [5.74, 6) is 0. The number of hydrogen-bond donors (Lipinski definition) is 1. The van der Waals surface area contributed by atoms with E-state index in [1.807, 2.05) is 6.07 Å². The number of aliphatic hydroxyl groups is 1. The predicted molar refractivity (Wildman–Crippen MR) is 45.3 cm³/mol. The molecule has 0 aliphatic rings. The summed E-state index contributed by atoms with van der Waals surface area (Å²) in [6.07, 6.45) is 5.80. The zero-order valence-corrected chi connectivity index (χ0v) is 6.42. The minimum atomic E-state index is -1.02. The summed E-state index contributed by atoms with van der Waals surface area (Å²) < 4.78 is 0. The topological polar surface area (TPSA) is 50.2 Å². The fraction of sp³-hybridized carbons (Fsp3) is 0.111. The lowest BCUT2D eigenvalue weighted by Gasteiger charge is -1.92. The van der Waals surface area contributed by atoms with E-state index in [0.717, 1.165) is 5.56 Å². The molecule has 0 aromatic carbocycles. The summed E-state index contributed by atoms with van der Waals surface area (Å²) in [6, 6.07) is 3.62. The van der Waals surface area contributed by atoms with Gasteiger partial charge in [0.25, 0.3) is 0 Å². The smallest absolute Gasteiger partial charge is 0.152 e. The minimum absolute atomic E-state index is 0.465. The molecule has 3 nitrogen and oxygen atoms in total. The molecule has 0 amide bonds. The Morgan fingerprint density at radius 2 is 2.42 bits per heavy atom. The van der Waals surface area contributed by atoms with E-state index in [4.69, 9.17) is 5.11 Å². The highest BCUT2D eigenvalue weighted by atomic mass is 16.3. The third-order valence-electron chi connectivity index (χ3n) is 1.31. The summed E-state index contributed by atoms with van der Waals surface area (Å²) in [5, 5.41) is 8.84. The molecule has 0 radical (unpaired) electrons. The monoisotopic (exact) mass is 163 g/mol. The highest BCUT2D eigenvalue weighted by Crippen LogP contribution is 1.98. The molecule has 3 heteroatoms. The van der Waals surface area contributed by atoms with Crippen LogP contribution in [-0.2, 0) is 4.79 Å². The van der Waals surface area contributed by atoms with Crippen molar-refractivity contribution in [3.8, 4) is 0 Å². The van der Waals surface area contributed by atoms with Gasteiger partial charge in [-0.15, -0.1) is 0 Å². The number of aromatic nitrogens is 1. The van der Waals surface area contributed by atoms with Crippen LogP contribution in [0.1, 0.15) is 5.56 Å². The molecule has 0 bridgehead atoms. The van der Waals surface area contributed by atoms with E-state index >= 15 is 0 Å². The van der Waals surface area contributed by atoms with E-state index < -0.39 is 6.10 Å². The van der Waals surface area contributed by atoms with Crippen LogP contribution in [0.15, 0.2) is 30.6 Å². The number of nitrogens with zero attached hydrogens (tertiary/aromatic N) is 1. The molecule has 1 heterocycles. The summed E-state index contributed by atoms with van der Waals surface area (Å²) in [5.41, 5.74) is 0.860. The summed E-state index contributed by atoms with van der Waals surface area (Å²) in [4.78, 5) is 13.9. The SMILES string of the molecule is O=CC(O)/C=C/c1cccnc1. The number of hydrogen-bond acceptors (Lipinski definition) is 3. The lowest BCUT2D eigenvalue weighted by molar-refractivity contribution is -0.112. The van der Waals surface area contributed by atoms with Crippen molar-refractivity contribution in [2.45, 2.75) is 6.10 Å². The molecule has 1 rings (SSSR count). The van der Waals surface area contributed by atoms with E-state index in [0.29, 0.717) is 6.29 Å². The zero-order valence-electron chi connectivity index (χ0n) is 6.42. The normalized spacial score (nSPS) is 13.1. The predicted octanol–water partition coefficient (Wildman–Crippen LogP) is 0.655. The van der Waals surface area contributed by atoms with Gasteiger partial charge in [0.15, 0.2) is 6.29 Å². The Hall–Kier alpha value is -1.48. The number of aldehydes is 1. The van der Waals surface area contributed by atoms with E-state index in [9.17, 15) is 4.79 Å². The van der Waals surface area contributed by atoms with Crippen molar-refractivity contribution < 1.29 is 9.90 Å². The van der Waals surface area contributed by atoms with Crippen molar-refractivity contribution in [1.82, 2.24) is 4.98 Å². The average Bonchev–Trinajstić information content (AvgIpc) is 2.16. The first kappa shape index (κ1) is 8.62. The van der Waals surface area contributed by atoms with Gasteiger partial charge in [-0.1, -0.05) is 12.1 Å². The molecule has 0 aliphatic carbocycles. The lowest BCUT2D eigenvalue weighted by atomic mass is 10.2. The first-order chi connectivity index (χ1) is 5.83. The number of carbonyl (C=O) groups excluding carboxylic acids is 1. The minimum Gasteiger partial charge on any atom is -0.381 e. The molecule has 1 aromatic rings. The summed E-state index contributed by atoms with van der Waals surface area (Å²) in [7, 11) is 0. The van der Waals surface area contributed by atoms with Crippen LogP contribution in [0.3, 0.4) is 0 Å². The van der Waals surface area contributed by atoms with E-state index in [1.54, 1.807) is 24.5 Å². The first-order valence-electron chi connectivity index (χ1n) is 3.54. The Balaban J connectivity index is 2.63. The Morgan fingerprint density at radius 3 is 3.00 bits per heavy atom. The van der Waals surface area contributed by atoms with Crippen molar-refractivity contribution >= 4 is 12.4 Å². The third-order valence-corrected chi connectivity index (χ3v) is 1.31. The quantitative estimate of drug-likeness (QED) is 0.666. The molecular weight excluding hydrogens is 154 g/mol. The standard InChI is InChI=1S/C9H9NO2/c11-7-9(12)4-3-8-2-1-5-10-6-8/h1-7,9,12H/b4-3+. The van der Waals surface area contributed by atoms with Gasteiger partial charge in [-0.25, -0.2) is 0 Å². The number of rotatable bonds is 3. The van der Waals surface area contributed by atoms with Crippen LogP contribution in [0.25, 0.3) is 6.08 Å². The summed E-state index contributed by atoms with van der Waals surface area (Å²) >= 11 is 0. The summed E-state index contributed by atoms with van der Waals surface area (Å²) in [6.45, 7) is 0. The van der Waals surface area contributed by atoms with Crippen molar-refractivity contribution in [2.24, 2.45) is 0 Å². The Kier molecular flexibility index (Phi) is 3.17. The van der Waals surface area contributed by atoms with Crippen LogP contribution < -0.4 is 0 Å². The second-order valence-electron chi connectivity index (χ2n) is 2.27. The maximum Gasteiger partial charge on any atom is 0.152 e. The highest BCUT2D eigenvalue weighted by molar-refractivity contribution is 5.62. The van der Waals surface area contributed by atoms with Gasteiger partial charge in [-0.2, -0.15) is 0 Å². The maximum atomic E-state index is 10.0. The Morgan fingerprint density at radius 1 is 1.58 bits per heavy atom. The van der Waals surface area contributed by atoms with Gasteiger partial charge in [-0.05, 0) is 17.7 Å². The van der Waals surface area contributed by atoms with Gasteiger partial charge < -0.3 is 9.90 Å². The Labute approximate surface area is 70.4 Å². The van der Waals surface area contributed by atoms with Crippen molar-refractivity contribution in [2.75, 3.05) is 0 Å². The van der Waals surface area contributed by atoms with Crippen molar-refractivity contribution in [1.29, 1.82) is 0 Å². The molecule has 12 heavy (non-hydrogen) atoms. The van der Waals surface area contributed by atoms with Gasteiger partial charge in [0.2, 0.25) is 0 Å². The molecule has 1 aromatic heterocycles. The second-order valence-corrected chi connectivity index (χ2v) is 2.27. The van der Waals surface area contributed by atoms with Crippen LogP contribution in [0.5, 0.6) is 0 Å². The number of pyridine rings is 1. The number of carbonyl (C=O) groups is 1. The molecule has 62 valence electrons. The second kappa shape index (κ2) is 4.41. The van der Waals surface area contributed by atoms with Gasteiger partial charge in [0.05, 0.1) is 0 Å². The molecular formula is C9H9NO2. The molecule has 0 saturated heterocycles. The third kappa shape index (κ3) is 2.64. The van der Waals surface area contributed by atoms with E-state index in [-0.39, 0.29) is 0 Å². The van der Waals surface area contributed by atoms with Crippen molar-refractivity contribution in [3.05, 3.63) is 36.2 Å². The van der Waals surface area contributed by atoms with Crippen LogP contribution >= 0.6 is 0 Å². The van der Waals surface area contributed by atoms with Crippen LogP contribution in [0, 0.1) is 0 Å². The largest absolute Gasteiger partial charge is 0.381 e. The van der Waals surface area contributed by atoms with Crippen LogP contribution in [0.2, 0.25) is 0 Å². The fourth-order valence-electron chi connectivity index (χ4n) is 0.730. The van der Waals surface area contributed by atoms with Crippen LogP contribution in [-0.4, -0.2) is 22.5 Å². The Bertz CT molecular complexity index is 269. The fourth-order valence-corrected chi connectivity index (χ4v) is 0.730. The van der Waals surface area contributed by atoms with Crippen molar-refractivity contribution in [3.63, 3.8) is 0 Å². The number of aliphatic hydroxyl groups excluding tert-OH is 1. The van der Waals surface area contributed by atoms with Gasteiger partial charge in [-0.3, -0.25) is 4.98 Å². The maximum absolute atomic E-state index is 10.0. The van der Waals surface area contributed by atoms with Crippen LogP contribution in [0.4, 0.5) is 0 Å². The molecule has 1 N–H and O–H groups in total. The van der Waals surface area contributed by atoms with Gasteiger partial charge in [0, 0.05) is 12.4 Å². The average molecular weight is 163 g/mol. The lowest BCUT2D eigenvalue weighted by Crippen LogP contribution is -2.01. The zero-order chi connectivity index (χ0) is 8.81. The van der Waals surface area contributed by atoms with Gasteiger partial charge >= 0.3 is 0 Å². The molecule has 1 atom stereocenters. The molecule has 0 aliphatic heterocycles. The first-order valence-corrected chi connectivity index (χ1v) is 3.54. The van der Waals surface area contributed by atoms with Gasteiger partial charge in [0.1, 0.15) is 6.10 Å². The molecule has 0 fully saturated rings. The molecule has 0 saturated carbocycles. The molecule has 1 unspecified atom stereocenters. The van der Waals surface area contributed by atoms with E-state index in [2.05, 4.69) is 4.98 Å².